The van der Waals surface area contributed by atoms with Gasteiger partial charge in [0.05, 0.1) is 5.92 Å². The van der Waals surface area contributed by atoms with E-state index < -0.39 is 29.9 Å². The molecule has 3 N–H and O–H groups in total. The molecule has 0 radical (unpaired) electrons. The summed E-state index contributed by atoms with van der Waals surface area (Å²) in [7, 11) is 0. The van der Waals surface area contributed by atoms with Crippen LogP contribution >= 0.6 is 0 Å². The molecular weight excluding hydrogens is 338 g/mol. The molecule has 8 heteroatoms. The molecule has 1 saturated heterocycles. The fourth-order valence-corrected chi connectivity index (χ4v) is 2.75. The molecule has 0 spiro atoms. The first-order chi connectivity index (χ1) is 12.2. The Morgan fingerprint density at radius 3 is 2.38 bits per heavy atom. The second kappa shape index (κ2) is 7.99. The number of anilines is 1. The zero-order valence-corrected chi connectivity index (χ0v) is 15.0. The molecule has 1 aromatic rings. The number of ether oxygens (including phenoxy) is 1. The molecule has 0 aromatic heterocycles. The maximum absolute atomic E-state index is 12.4. The van der Waals surface area contributed by atoms with Gasteiger partial charge in [-0.1, -0.05) is 31.5 Å². The summed E-state index contributed by atoms with van der Waals surface area (Å²) >= 11 is 0. The number of hydrogen-bond donors (Lipinski definition) is 2. The van der Waals surface area contributed by atoms with Crippen LogP contribution in [-0.2, 0) is 19.1 Å². The molecule has 140 valence electrons. The van der Waals surface area contributed by atoms with Crippen LogP contribution in [-0.4, -0.2) is 36.5 Å². The van der Waals surface area contributed by atoms with Crippen LogP contribution < -0.4 is 16.0 Å². The van der Waals surface area contributed by atoms with Crippen molar-refractivity contribution in [2.45, 2.75) is 33.3 Å². The first kappa shape index (κ1) is 19.4. The van der Waals surface area contributed by atoms with Gasteiger partial charge in [-0.3, -0.25) is 19.7 Å². The van der Waals surface area contributed by atoms with Gasteiger partial charge in [0.15, 0.2) is 6.10 Å². The Bertz CT molecular complexity index is 714. The number of carbonyl (C=O) groups excluding carboxylic acids is 4. The second-order valence-electron chi connectivity index (χ2n) is 6.70. The van der Waals surface area contributed by atoms with Crippen molar-refractivity contribution in [3.8, 4) is 0 Å². The summed E-state index contributed by atoms with van der Waals surface area (Å²) < 4.78 is 5.27. The molecule has 1 aliphatic rings. The average molecular weight is 361 g/mol. The number of primary amides is 1. The molecule has 2 atom stereocenters. The highest BCUT2D eigenvalue weighted by molar-refractivity contribution is 6.00. The van der Waals surface area contributed by atoms with E-state index in [1.165, 1.54) is 4.90 Å². The highest BCUT2D eigenvalue weighted by atomic mass is 16.5. The van der Waals surface area contributed by atoms with Crippen molar-refractivity contribution in [3.63, 3.8) is 0 Å². The van der Waals surface area contributed by atoms with Crippen LogP contribution in [0, 0.1) is 18.8 Å². The van der Waals surface area contributed by atoms with Crippen LogP contribution in [0.1, 0.15) is 25.8 Å². The van der Waals surface area contributed by atoms with Gasteiger partial charge < -0.3 is 15.4 Å². The number of imide groups is 1. The van der Waals surface area contributed by atoms with Crippen LogP contribution in [0.25, 0.3) is 0 Å². The SMILES string of the molecule is Cc1ccc(N2CC(C(=O)OC(C(=O)NC(N)=O)C(C)C)CC2=O)cc1. The van der Waals surface area contributed by atoms with Crippen LogP contribution in [0.5, 0.6) is 0 Å². The molecule has 1 aromatic carbocycles. The predicted octanol–water partition coefficient (Wildman–Crippen LogP) is 1.11. The summed E-state index contributed by atoms with van der Waals surface area (Å²) in [6.07, 6.45) is -1.15. The van der Waals surface area contributed by atoms with Gasteiger partial charge in [-0.05, 0) is 25.0 Å². The van der Waals surface area contributed by atoms with Crippen molar-refractivity contribution in [1.29, 1.82) is 0 Å². The monoisotopic (exact) mass is 361 g/mol. The predicted molar refractivity (Wildman–Crippen MR) is 94.1 cm³/mol. The molecule has 2 rings (SSSR count). The highest BCUT2D eigenvalue weighted by Gasteiger charge is 2.38. The molecule has 0 bridgehead atoms. The molecule has 0 aliphatic carbocycles. The maximum atomic E-state index is 12.4. The fraction of sp³-hybridized carbons (Fsp3) is 0.444. The topological polar surface area (TPSA) is 119 Å². The number of benzene rings is 1. The number of hydrogen-bond acceptors (Lipinski definition) is 5. The standard InChI is InChI=1S/C18H23N3O5/c1-10(2)15(16(23)20-18(19)25)26-17(24)12-8-14(22)21(9-12)13-6-4-11(3)5-7-13/h4-7,10,12,15H,8-9H2,1-3H3,(H3,19,20,23,25). The minimum atomic E-state index is -1.15. The number of nitrogens with zero attached hydrogens (tertiary/aromatic N) is 1. The molecular formula is C18H23N3O5. The number of nitrogens with one attached hydrogen (secondary N) is 1. The Morgan fingerprint density at radius 1 is 1.23 bits per heavy atom. The molecule has 0 saturated carbocycles. The van der Waals surface area contributed by atoms with Gasteiger partial charge in [-0.2, -0.15) is 0 Å². The van der Waals surface area contributed by atoms with E-state index in [9.17, 15) is 19.2 Å². The zero-order valence-electron chi connectivity index (χ0n) is 15.0. The lowest BCUT2D eigenvalue weighted by Crippen LogP contribution is -2.46. The Balaban J connectivity index is 2.05. The number of amides is 4. The largest absolute Gasteiger partial charge is 0.452 e. The van der Waals surface area contributed by atoms with E-state index in [1.54, 1.807) is 13.8 Å². The number of carbonyl (C=O) groups is 4. The highest BCUT2D eigenvalue weighted by Crippen LogP contribution is 2.26. The summed E-state index contributed by atoms with van der Waals surface area (Å²) in [6.45, 7) is 5.48. The average Bonchev–Trinajstić information content (AvgIpc) is 2.94. The normalized spacial score (nSPS) is 17.9. The summed E-state index contributed by atoms with van der Waals surface area (Å²) in [6, 6.07) is 6.39. The van der Waals surface area contributed by atoms with Gasteiger partial charge in [0, 0.05) is 18.7 Å². The molecule has 4 amide bonds. The lowest BCUT2D eigenvalue weighted by Gasteiger charge is -2.22. The van der Waals surface area contributed by atoms with Crippen molar-refractivity contribution in [2.75, 3.05) is 11.4 Å². The molecule has 26 heavy (non-hydrogen) atoms. The first-order valence-electron chi connectivity index (χ1n) is 8.37. The van der Waals surface area contributed by atoms with Crippen molar-refractivity contribution in [3.05, 3.63) is 29.8 Å². The van der Waals surface area contributed by atoms with E-state index in [0.29, 0.717) is 5.69 Å². The molecule has 1 fully saturated rings. The number of aryl methyl sites for hydroxylation is 1. The van der Waals surface area contributed by atoms with Gasteiger partial charge in [0.1, 0.15) is 0 Å². The fourth-order valence-electron chi connectivity index (χ4n) is 2.75. The van der Waals surface area contributed by atoms with E-state index in [4.69, 9.17) is 10.5 Å². The summed E-state index contributed by atoms with van der Waals surface area (Å²) in [5.74, 6) is -2.64. The third-order valence-corrected chi connectivity index (χ3v) is 4.16. The number of rotatable bonds is 5. The maximum Gasteiger partial charge on any atom is 0.318 e. The van der Waals surface area contributed by atoms with Gasteiger partial charge in [0.25, 0.3) is 5.91 Å². The third-order valence-electron chi connectivity index (χ3n) is 4.16. The Morgan fingerprint density at radius 2 is 1.85 bits per heavy atom. The summed E-state index contributed by atoms with van der Waals surface area (Å²) in [4.78, 5) is 49.0. The van der Waals surface area contributed by atoms with Gasteiger partial charge >= 0.3 is 12.0 Å². The van der Waals surface area contributed by atoms with E-state index in [1.807, 2.05) is 36.5 Å². The minimum absolute atomic E-state index is 0.00889. The molecule has 8 nitrogen and oxygen atoms in total. The van der Waals surface area contributed by atoms with Gasteiger partial charge in [-0.25, -0.2) is 4.79 Å². The van der Waals surface area contributed by atoms with Crippen LogP contribution in [0.4, 0.5) is 10.5 Å². The Hall–Kier alpha value is -2.90. The summed E-state index contributed by atoms with van der Waals surface area (Å²) in [5.41, 5.74) is 6.71. The Kier molecular flexibility index (Phi) is 5.97. The van der Waals surface area contributed by atoms with Gasteiger partial charge in [0.2, 0.25) is 5.91 Å². The molecule has 2 unspecified atom stereocenters. The smallest absolute Gasteiger partial charge is 0.318 e. The lowest BCUT2D eigenvalue weighted by atomic mass is 10.1. The molecule has 1 heterocycles. The van der Waals surface area contributed by atoms with Crippen molar-refractivity contribution < 1.29 is 23.9 Å². The first-order valence-corrected chi connectivity index (χ1v) is 8.37. The van der Waals surface area contributed by atoms with E-state index in [2.05, 4.69) is 0 Å². The van der Waals surface area contributed by atoms with Crippen LogP contribution in [0.3, 0.4) is 0 Å². The van der Waals surface area contributed by atoms with Gasteiger partial charge in [-0.15, -0.1) is 0 Å². The third kappa shape index (κ3) is 4.59. The quantitative estimate of drug-likeness (QED) is 0.762. The van der Waals surface area contributed by atoms with Crippen molar-refractivity contribution >= 4 is 29.5 Å². The second-order valence-corrected chi connectivity index (χ2v) is 6.70. The zero-order chi connectivity index (χ0) is 19.4. The number of nitrogens with two attached hydrogens (primary N) is 1. The Labute approximate surface area is 151 Å². The number of urea groups is 1. The van der Waals surface area contributed by atoms with Crippen LogP contribution in [0.2, 0.25) is 0 Å². The van der Waals surface area contributed by atoms with Crippen molar-refractivity contribution in [1.82, 2.24) is 5.32 Å². The van der Waals surface area contributed by atoms with E-state index >= 15 is 0 Å². The van der Waals surface area contributed by atoms with Crippen molar-refractivity contribution in [2.24, 2.45) is 17.6 Å². The van der Waals surface area contributed by atoms with Crippen LogP contribution in [0.15, 0.2) is 24.3 Å². The van der Waals surface area contributed by atoms with E-state index in [-0.39, 0.29) is 24.8 Å². The molecule has 1 aliphatic heterocycles. The lowest BCUT2D eigenvalue weighted by molar-refractivity contribution is -0.161. The minimum Gasteiger partial charge on any atom is -0.452 e. The van der Waals surface area contributed by atoms with E-state index in [0.717, 1.165) is 5.56 Å². The summed E-state index contributed by atoms with van der Waals surface area (Å²) in [5, 5.41) is 1.91. The number of esters is 1.